The molecule has 146 valence electrons. The van der Waals surface area contributed by atoms with Gasteiger partial charge in [-0.3, -0.25) is 0 Å². The van der Waals surface area contributed by atoms with Crippen molar-refractivity contribution in [1.29, 1.82) is 0 Å². The predicted molar refractivity (Wildman–Crippen MR) is 113 cm³/mol. The van der Waals surface area contributed by atoms with Crippen molar-refractivity contribution in [2.45, 2.75) is 19.3 Å². The number of methoxy groups -OCH3 is 1. The Kier molecular flexibility index (Phi) is 4.60. The van der Waals surface area contributed by atoms with E-state index in [0.717, 1.165) is 48.6 Å². The van der Waals surface area contributed by atoms with E-state index >= 15 is 0 Å². The minimum absolute atomic E-state index is 0.566. The second-order valence-electron chi connectivity index (χ2n) is 7.19. The van der Waals surface area contributed by atoms with Gasteiger partial charge in [-0.25, -0.2) is 9.97 Å². The first-order valence-corrected chi connectivity index (χ1v) is 9.95. The van der Waals surface area contributed by atoms with Crippen LogP contribution < -0.4 is 9.64 Å². The van der Waals surface area contributed by atoms with Crippen LogP contribution in [0.1, 0.15) is 19.3 Å². The first kappa shape index (κ1) is 17.7. The van der Waals surface area contributed by atoms with Crippen molar-refractivity contribution in [3.63, 3.8) is 0 Å². The Morgan fingerprint density at radius 2 is 1.66 bits per heavy atom. The van der Waals surface area contributed by atoms with Gasteiger partial charge in [0.05, 0.1) is 7.11 Å². The molecule has 0 saturated carbocycles. The number of nitrogens with zero attached hydrogens (tertiary/aromatic N) is 4. The monoisotopic (exact) mass is 386 g/mol. The number of oxazole rings is 1. The van der Waals surface area contributed by atoms with Crippen molar-refractivity contribution in [2.24, 2.45) is 0 Å². The maximum absolute atomic E-state index is 6.17. The molecule has 0 atom stereocenters. The SMILES string of the molecule is COc1cccc(-c2nc(N3CCCCC3)c3oc(-c4ccccc4)nc3n2)c1. The van der Waals surface area contributed by atoms with E-state index in [1.54, 1.807) is 7.11 Å². The number of piperidine rings is 1. The highest BCUT2D eigenvalue weighted by Gasteiger charge is 2.22. The summed E-state index contributed by atoms with van der Waals surface area (Å²) in [6.07, 6.45) is 3.55. The van der Waals surface area contributed by atoms with Gasteiger partial charge in [0.25, 0.3) is 0 Å². The number of fused-ring (bicyclic) bond motifs is 1. The fourth-order valence-electron chi connectivity index (χ4n) is 3.73. The van der Waals surface area contributed by atoms with Crippen molar-refractivity contribution >= 4 is 17.0 Å². The molecule has 5 rings (SSSR count). The highest BCUT2D eigenvalue weighted by atomic mass is 16.5. The van der Waals surface area contributed by atoms with E-state index in [1.807, 2.05) is 54.6 Å². The highest BCUT2D eigenvalue weighted by molar-refractivity contribution is 5.85. The van der Waals surface area contributed by atoms with E-state index in [1.165, 1.54) is 6.42 Å². The van der Waals surface area contributed by atoms with Crippen LogP contribution in [0.2, 0.25) is 0 Å². The lowest BCUT2D eigenvalue weighted by Gasteiger charge is -2.27. The molecule has 0 N–H and O–H groups in total. The van der Waals surface area contributed by atoms with E-state index in [-0.39, 0.29) is 0 Å². The molecule has 1 fully saturated rings. The Morgan fingerprint density at radius 1 is 0.862 bits per heavy atom. The molecule has 2 aromatic carbocycles. The Hall–Kier alpha value is -3.41. The van der Waals surface area contributed by atoms with Gasteiger partial charge in [0, 0.05) is 24.2 Å². The lowest BCUT2D eigenvalue weighted by atomic mass is 10.1. The molecular formula is C23H22N4O2. The van der Waals surface area contributed by atoms with Crippen LogP contribution in [0.3, 0.4) is 0 Å². The molecule has 0 spiro atoms. The maximum Gasteiger partial charge on any atom is 0.229 e. The summed E-state index contributed by atoms with van der Waals surface area (Å²) in [5, 5.41) is 0. The lowest BCUT2D eigenvalue weighted by Crippen LogP contribution is -2.30. The van der Waals surface area contributed by atoms with Gasteiger partial charge < -0.3 is 14.1 Å². The molecule has 4 aromatic rings. The molecule has 1 saturated heterocycles. The molecule has 6 heteroatoms. The van der Waals surface area contributed by atoms with Crippen LogP contribution in [-0.2, 0) is 0 Å². The third kappa shape index (κ3) is 3.42. The summed E-state index contributed by atoms with van der Waals surface area (Å²) in [6, 6.07) is 17.7. The fourth-order valence-corrected chi connectivity index (χ4v) is 3.73. The average Bonchev–Trinajstić information content (AvgIpc) is 3.24. The number of hydrogen-bond acceptors (Lipinski definition) is 6. The number of hydrogen-bond donors (Lipinski definition) is 0. The van der Waals surface area contributed by atoms with Crippen LogP contribution in [0.5, 0.6) is 5.75 Å². The molecule has 1 aliphatic heterocycles. The Labute approximate surface area is 169 Å². The zero-order chi connectivity index (χ0) is 19.6. The average molecular weight is 386 g/mol. The van der Waals surface area contributed by atoms with E-state index < -0.39 is 0 Å². The van der Waals surface area contributed by atoms with Crippen molar-refractivity contribution in [3.05, 3.63) is 54.6 Å². The molecule has 29 heavy (non-hydrogen) atoms. The third-order valence-corrected chi connectivity index (χ3v) is 5.24. The van der Waals surface area contributed by atoms with Crippen molar-refractivity contribution in [3.8, 4) is 28.6 Å². The van der Waals surface area contributed by atoms with Crippen LogP contribution in [0.4, 0.5) is 5.82 Å². The number of ether oxygens (including phenoxy) is 1. The van der Waals surface area contributed by atoms with Crippen molar-refractivity contribution in [2.75, 3.05) is 25.1 Å². The van der Waals surface area contributed by atoms with Gasteiger partial charge in [0.15, 0.2) is 11.6 Å². The summed E-state index contributed by atoms with van der Waals surface area (Å²) < 4.78 is 11.5. The molecule has 3 heterocycles. The van der Waals surface area contributed by atoms with E-state index in [2.05, 4.69) is 4.90 Å². The van der Waals surface area contributed by atoms with Gasteiger partial charge in [-0.05, 0) is 43.5 Å². The second kappa shape index (κ2) is 7.54. The molecular weight excluding hydrogens is 364 g/mol. The number of rotatable bonds is 4. The zero-order valence-corrected chi connectivity index (χ0v) is 16.3. The summed E-state index contributed by atoms with van der Waals surface area (Å²) in [4.78, 5) is 16.6. The minimum atomic E-state index is 0.566. The molecule has 0 aliphatic carbocycles. The maximum atomic E-state index is 6.17. The summed E-state index contributed by atoms with van der Waals surface area (Å²) in [6.45, 7) is 1.93. The molecule has 0 amide bonds. The number of benzene rings is 2. The largest absolute Gasteiger partial charge is 0.497 e. The first-order chi connectivity index (χ1) is 14.3. The molecule has 0 bridgehead atoms. The Bertz CT molecular complexity index is 1130. The summed E-state index contributed by atoms with van der Waals surface area (Å²) in [5.41, 5.74) is 3.06. The van der Waals surface area contributed by atoms with Gasteiger partial charge >= 0.3 is 0 Å². The minimum Gasteiger partial charge on any atom is -0.497 e. The van der Waals surface area contributed by atoms with Crippen LogP contribution >= 0.6 is 0 Å². The van der Waals surface area contributed by atoms with Gasteiger partial charge in [-0.15, -0.1) is 0 Å². The van der Waals surface area contributed by atoms with Crippen LogP contribution in [0.15, 0.2) is 59.0 Å². The second-order valence-corrected chi connectivity index (χ2v) is 7.19. The number of aromatic nitrogens is 3. The third-order valence-electron chi connectivity index (χ3n) is 5.24. The highest BCUT2D eigenvalue weighted by Crippen LogP contribution is 2.33. The smallest absolute Gasteiger partial charge is 0.229 e. The van der Waals surface area contributed by atoms with Crippen molar-refractivity contribution < 1.29 is 9.15 Å². The zero-order valence-electron chi connectivity index (χ0n) is 16.3. The van der Waals surface area contributed by atoms with Gasteiger partial charge in [0.1, 0.15) is 5.75 Å². The molecule has 1 aliphatic rings. The molecule has 0 unspecified atom stereocenters. The van der Waals surface area contributed by atoms with Crippen LogP contribution in [0, 0.1) is 0 Å². The summed E-state index contributed by atoms with van der Waals surface area (Å²) in [5.74, 6) is 2.79. The Morgan fingerprint density at radius 3 is 2.45 bits per heavy atom. The lowest BCUT2D eigenvalue weighted by molar-refractivity contribution is 0.415. The molecule has 0 radical (unpaired) electrons. The number of anilines is 1. The van der Waals surface area contributed by atoms with E-state index in [9.17, 15) is 0 Å². The molecule has 6 nitrogen and oxygen atoms in total. The van der Waals surface area contributed by atoms with Crippen LogP contribution in [-0.4, -0.2) is 35.2 Å². The fraction of sp³-hybridized carbons (Fsp3) is 0.261. The topological polar surface area (TPSA) is 64.3 Å². The normalized spacial score (nSPS) is 14.3. The molecule has 2 aromatic heterocycles. The van der Waals surface area contributed by atoms with E-state index in [0.29, 0.717) is 22.9 Å². The van der Waals surface area contributed by atoms with Gasteiger partial charge in [0.2, 0.25) is 17.1 Å². The summed E-state index contributed by atoms with van der Waals surface area (Å²) >= 11 is 0. The quantitative estimate of drug-likeness (QED) is 0.494. The van der Waals surface area contributed by atoms with E-state index in [4.69, 9.17) is 24.1 Å². The Balaban J connectivity index is 1.68. The predicted octanol–water partition coefficient (Wildman–Crippen LogP) is 4.95. The van der Waals surface area contributed by atoms with Crippen molar-refractivity contribution in [1.82, 2.24) is 15.0 Å². The van der Waals surface area contributed by atoms with Gasteiger partial charge in [-0.1, -0.05) is 30.3 Å². The summed E-state index contributed by atoms with van der Waals surface area (Å²) in [7, 11) is 1.66. The standard InChI is InChI=1S/C23H22N4O2/c1-28-18-12-8-11-17(15-18)20-24-21-19(22(25-20)27-13-6-3-7-14-27)29-23(26-21)16-9-4-2-5-10-16/h2,4-5,8-12,15H,3,6-7,13-14H2,1H3. The first-order valence-electron chi connectivity index (χ1n) is 9.95. The van der Waals surface area contributed by atoms with Crippen LogP contribution in [0.25, 0.3) is 34.1 Å². The van der Waals surface area contributed by atoms with Gasteiger partial charge in [-0.2, -0.15) is 4.98 Å².